The predicted octanol–water partition coefficient (Wildman–Crippen LogP) is 3.66. The summed E-state index contributed by atoms with van der Waals surface area (Å²) in [6, 6.07) is 8.20. The maximum absolute atomic E-state index is 12.2. The third kappa shape index (κ3) is 4.65. The number of hydrogen-bond donors (Lipinski definition) is 1. The summed E-state index contributed by atoms with van der Waals surface area (Å²) < 4.78 is 5.14. The van der Waals surface area contributed by atoms with E-state index in [2.05, 4.69) is 19.2 Å². The number of amides is 2. The van der Waals surface area contributed by atoms with Crippen LogP contribution in [0.15, 0.2) is 24.3 Å². The lowest BCUT2D eigenvalue weighted by Crippen LogP contribution is -2.48. The first-order valence-corrected chi connectivity index (χ1v) is 8.12. The molecule has 2 rings (SSSR count). The van der Waals surface area contributed by atoms with Gasteiger partial charge in [-0.05, 0) is 48.8 Å². The van der Waals surface area contributed by atoms with Crippen LogP contribution in [0, 0.1) is 11.8 Å². The second-order valence-electron chi connectivity index (χ2n) is 6.82. The number of urea groups is 1. The van der Waals surface area contributed by atoms with Gasteiger partial charge in [-0.25, -0.2) is 4.79 Å². The number of hydrogen-bond acceptors (Lipinski definition) is 2. The fraction of sp³-hybridized carbons (Fsp3) is 0.611. The molecule has 0 spiro atoms. The van der Waals surface area contributed by atoms with Crippen molar-refractivity contribution in [3.05, 3.63) is 29.8 Å². The average Bonchev–Trinajstić information content (AvgIpc) is 2.45. The molecule has 0 bridgehead atoms. The first-order valence-electron chi connectivity index (χ1n) is 8.12. The Labute approximate surface area is 133 Å². The molecule has 0 heterocycles. The third-order valence-electron chi connectivity index (χ3n) is 4.29. The Morgan fingerprint density at radius 2 is 1.95 bits per heavy atom. The Hall–Kier alpha value is -1.71. The molecule has 1 aliphatic rings. The molecule has 0 radical (unpaired) electrons. The van der Waals surface area contributed by atoms with Gasteiger partial charge < -0.3 is 15.0 Å². The van der Waals surface area contributed by atoms with E-state index >= 15 is 0 Å². The highest BCUT2D eigenvalue weighted by molar-refractivity contribution is 5.74. The van der Waals surface area contributed by atoms with Crippen LogP contribution in [0.2, 0.25) is 0 Å². The van der Waals surface area contributed by atoms with Crippen LogP contribution in [0.5, 0.6) is 5.75 Å². The fourth-order valence-electron chi connectivity index (χ4n) is 3.07. The van der Waals surface area contributed by atoms with Crippen LogP contribution in [0.4, 0.5) is 4.79 Å². The van der Waals surface area contributed by atoms with Crippen molar-refractivity contribution in [1.82, 2.24) is 10.2 Å². The largest absolute Gasteiger partial charge is 0.497 e. The van der Waals surface area contributed by atoms with E-state index in [-0.39, 0.29) is 6.03 Å². The molecular weight excluding hydrogens is 276 g/mol. The number of methoxy groups -OCH3 is 1. The zero-order valence-electron chi connectivity index (χ0n) is 14.1. The number of ether oxygens (including phenoxy) is 1. The summed E-state index contributed by atoms with van der Waals surface area (Å²) in [6.45, 7) is 5.13. The van der Waals surface area contributed by atoms with Crippen LogP contribution in [0.3, 0.4) is 0 Å². The van der Waals surface area contributed by atoms with E-state index in [0.717, 1.165) is 36.0 Å². The van der Waals surface area contributed by atoms with Gasteiger partial charge in [-0.3, -0.25) is 0 Å². The topological polar surface area (TPSA) is 41.6 Å². The van der Waals surface area contributed by atoms with Gasteiger partial charge in [0.1, 0.15) is 5.75 Å². The molecule has 122 valence electrons. The lowest BCUT2D eigenvalue weighted by atomic mass is 9.76. The molecule has 4 nitrogen and oxygen atoms in total. The Bertz CT molecular complexity index is 478. The van der Waals surface area contributed by atoms with E-state index in [1.165, 1.54) is 6.42 Å². The maximum atomic E-state index is 12.2. The van der Waals surface area contributed by atoms with Crippen molar-refractivity contribution < 1.29 is 9.53 Å². The summed E-state index contributed by atoms with van der Waals surface area (Å²) in [5.74, 6) is 2.37. The Morgan fingerprint density at radius 3 is 2.50 bits per heavy atom. The Balaban J connectivity index is 1.73. The number of nitrogens with zero attached hydrogens (tertiary/aromatic N) is 1. The summed E-state index contributed by atoms with van der Waals surface area (Å²) in [6.07, 6.45) is 3.52. The summed E-state index contributed by atoms with van der Waals surface area (Å²) in [5.41, 5.74) is 1.10. The standard InChI is InChI=1S/C18H28N2O2/c1-13(2)9-15-10-16(11-15)19-18(21)20(3)12-14-5-7-17(22-4)8-6-14/h5-8,13,15-16H,9-12H2,1-4H3,(H,19,21). The molecule has 2 amide bonds. The minimum Gasteiger partial charge on any atom is -0.497 e. The van der Waals surface area contributed by atoms with Gasteiger partial charge in [0.05, 0.1) is 7.11 Å². The molecule has 22 heavy (non-hydrogen) atoms. The molecular formula is C18H28N2O2. The van der Waals surface area contributed by atoms with Crippen molar-refractivity contribution in [1.29, 1.82) is 0 Å². The van der Waals surface area contributed by atoms with Gasteiger partial charge in [-0.2, -0.15) is 0 Å². The number of rotatable bonds is 6. The molecule has 1 saturated carbocycles. The van der Waals surface area contributed by atoms with Crippen LogP contribution in [0.25, 0.3) is 0 Å². The molecule has 1 aliphatic carbocycles. The van der Waals surface area contributed by atoms with Crippen LogP contribution in [0.1, 0.15) is 38.7 Å². The van der Waals surface area contributed by atoms with Gasteiger partial charge in [0.2, 0.25) is 0 Å². The Morgan fingerprint density at radius 1 is 1.32 bits per heavy atom. The SMILES string of the molecule is COc1ccc(CN(C)C(=O)NC2CC(CC(C)C)C2)cc1. The summed E-state index contributed by atoms with van der Waals surface area (Å²) in [4.78, 5) is 13.9. The maximum Gasteiger partial charge on any atom is 0.317 e. The van der Waals surface area contributed by atoms with Crippen LogP contribution < -0.4 is 10.1 Å². The highest BCUT2D eigenvalue weighted by atomic mass is 16.5. The second-order valence-corrected chi connectivity index (χ2v) is 6.82. The van der Waals surface area contributed by atoms with Crippen molar-refractivity contribution in [2.75, 3.05) is 14.2 Å². The van der Waals surface area contributed by atoms with Crippen molar-refractivity contribution in [2.24, 2.45) is 11.8 Å². The molecule has 4 heteroatoms. The predicted molar refractivity (Wildman–Crippen MR) is 89.0 cm³/mol. The van der Waals surface area contributed by atoms with Crippen molar-refractivity contribution in [2.45, 2.75) is 45.7 Å². The van der Waals surface area contributed by atoms with Crippen molar-refractivity contribution in [3.63, 3.8) is 0 Å². The second kappa shape index (κ2) is 7.52. The lowest BCUT2D eigenvalue weighted by molar-refractivity contribution is 0.166. The Kier molecular flexibility index (Phi) is 5.69. The number of benzene rings is 1. The normalized spacial score (nSPS) is 20.4. The highest BCUT2D eigenvalue weighted by Gasteiger charge is 2.31. The van der Waals surface area contributed by atoms with Gasteiger partial charge in [-0.1, -0.05) is 26.0 Å². The minimum atomic E-state index is 0.0174. The molecule has 1 N–H and O–H groups in total. The van der Waals surface area contributed by atoms with Crippen LogP contribution in [-0.4, -0.2) is 31.1 Å². The van der Waals surface area contributed by atoms with E-state index in [4.69, 9.17) is 4.74 Å². The van der Waals surface area contributed by atoms with Crippen LogP contribution in [-0.2, 0) is 6.54 Å². The zero-order chi connectivity index (χ0) is 16.1. The summed E-state index contributed by atoms with van der Waals surface area (Å²) >= 11 is 0. The van der Waals surface area contributed by atoms with E-state index in [9.17, 15) is 4.79 Å². The van der Waals surface area contributed by atoms with Crippen LogP contribution >= 0.6 is 0 Å². The van der Waals surface area contributed by atoms with E-state index in [1.54, 1.807) is 12.0 Å². The fourth-order valence-corrected chi connectivity index (χ4v) is 3.07. The van der Waals surface area contributed by atoms with E-state index in [1.807, 2.05) is 31.3 Å². The van der Waals surface area contributed by atoms with E-state index in [0.29, 0.717) is 12.6 Å². The molecule has 1 aromatic rings. The quantitative estimate of drug-likeness (QED) is 0.871. The van der Waals surface area contributed by atoms with Crippen molar-refractivity contribution in [3.8, 4) is 5.75 Å². The number of nitrogens with one attached hydrogen (secondary N) is 1. The first-order chi connectivity index (χ1) is 10.5. The first kappa shape index (κ1) is 16.7. The summed E-state index contributed by atoms with van der Waals surface area (Å²) in [5, 5.41) is 3.12. The van der Waals surface area contributed by atoms with Gasteiger partial charge in [0.25, 0.3) is 0 Å². The molecule has 1 aromatic carbocycles. The average molecular weight is 304 g/mol. The smallest absolute Gasteiger partial charge is 0.317 e. The molecule has 0 saturated heterocycles. The zero-order valence-corrected chi connectivity index (χ0v) is 14.1. The molecule has 0 aliphatic heterocycles. The molecule has 0 aromatic heterocycles. The van der Waals surface area contributed by atoms with Gasteiger partial charge >= 0.3 is 6.03 Å². The summed E-state index contributed by atoms with van der Waals surface area (Å²) in [7, 11) is 3.49. The molecule has 0 unspecified atom stereocenters. The molecule has 0 atom stereocenters. The monoisotopic (exact) mass is 304 g/mol. The number of carbonyl (C=O) groups is 1. The number of carbonyl (C=O) groups excluding carboxylic acids is 1. The van der Waals surface area contributed by atoms with Gasteiger partial charge in [0.15, 0.2) is 0 Å². The highest BCUT2D eigenvalue weighted by Crippen LogP contribution is 2.32. The third-order valence-corrected chi connectivity index (χ3v) is 4.29. The molecule has 1 fully saturated rings. The van der Waals surface area contributed by atoms with Gasteiger partial charge in [0, 0.05) is 19.6 Å². The lowest BCUT2D eigenvalue weighted by Gasteiger charge is -2.37. The van der Waals surface area contributed by atoms with Gasteiger partial charge in [-0.15, -0.1) is 0 Å². The van der Waals surface area contributed by atoms with Crippen molar-refractivity contribution >= 4 is 6.03 Å². The van der Waals surface area contributed by atoms with E-state index < -0.39 is 0 Å². The minimum absolute atomic E-state index is 0.0174.